The molecule has 0 bridgehead atoms. The van der Waals surface area contributed by atoms with Gasteiger partial charge in [-0.05, 0) is 37.6 Å². The number of rotatable bonds is 7. The molecule has 8 heteroatoms. The maximum absolute atomic E-state index is 13.0. The van der Waals surface area contributed by atoms with Crippen LogP contribution < -0.4 is 5.32 Å². The Kier molecular flexibility index (Phi) is 5.59. The third-order valence-corrected chi connectivity index (χ3v) is 5.31. The van der Waals surface area contributed by atoms with Gasteiger partial charge in [0.15, 0.2) is 17.9 Å². The van der Waals surface area contributed by atoms with Crippen molar-refractivity contribution in [3.05, 3.63) is 76.6 Å². The summed E-state index contributed by atoms with van der Waals surface area (Å²) in [5, 5.41) is 17.6. The largest absolute Gasteiger partial charge is 0.494 e. The Hall–Kier alpha value is -4.20. The van der Waals surface area contributed by atoms with Crippen molar-refractivity contribution in [2.45, 2.75) is 26.8 Å². The number of nitrogens with one attached hydrogen (secondary N) is 2. The first-order valence-electron chi connectivity index (χ1n) is 10.3. The van der Waals surface area contributed by atoms with E-state index in [0.717, 1.165) is 12.1 Å². The summed E-state index contributed by atoms with van der Waals surface area (Å²) in [7, 11) is 0. The van der Waals surface area contributed by atoms with Gasteiger partial charge in [-0.1, -0.05) is 31.2 Å². The van der Waals surface area contributed by atoms with Crippen molar-refractivity contribution < 1.29 is 19.5 Å². The van der Waals surface area contributed by atoms with E-state index < -0.39 is 0 Å². The molecule has 0 aliphatic rings. The molecule has 0 radical (unpaired) electrons. The molecule has 8 nitrogen and oxygen atoms in total. The minimum Gasteiger partial charge on any atom is -0.494 e. The molecule has 0 aliphatic carbocycles. The second kappa shape index (κ2) is 8.50. The molecular weight excluding hydrogens is 408 g/mol. The highest BCUT2D eigenvalue weighted by molar-refractivity contribution is 6.12. The normalized spacial score (nSPS) is 10.9. The highest BCUT2D eigenvalue weighted by atomic mass is 16.3. The number of carbonyl (C=O) groups excluding carboxylic acids is 3. The number of aromatic nitrogens is 3. The molecule has 4 rings (SSSR count). The fraction of sp³-hybridized carbons (Fsp3) is 0.167. The van der Waals surface area contributed by atoms with Crippen molar-refractivity contribution in [2.75, 3.05) is 5.32 Å². The third kappa shape index (κ3) is 3.78. The number of amides is 1. The first-order valence-corrected chi connectivity index (χ1v) is 10.3. The highest BCUT2D eigenvalue weighted by Crippen LogP contribution is 2.27. The average molecular weight is 430 g/mol. The van der Waals surface area contributed by atoms with Crippen molar-refractivity contribution in [3.63, 3.8) is 0 Å². The van der Waals surface area contributed by atoms with Crippen LogP contribution in [0.25, 0.3) is 10.9 Å². The van der Waals surface area contributed by atoms with Gasteiger partial charge >= 0.3 is 0 Å². The predicted octanol–water partition coefficient (Wildman–Crippen LogP) is 3.95. The molecule has 4 aromatic rings. The fourth-order valence-corrected chi connectivity index (χ4v) is 3.63. The highest BCUT2D eigenvalue weighted by Gasteiger charge is 2.17. The van der Waals surface area contributed by atoms with Gasteiger partial charge in [0.05, 0.1) is 11.3 Å². The molecule has 0 aliphatic heterocycles. The predicted molar refractivity (Wildman–Crippen MR) is 120 cm³/mol. The lowest BCUT2D eigenvalue weighted by Crippen LogP contribution is -2.17. The smallest absolute Gasteiger partial charge is 0.273 e. The first-order chi connectivity index (χ1) is 15.4. The van der Waals surface area contributed by atoms with E-state index in [1.807, 2.05) is 13.8 Å². The number of anilines is 1. The number of hydrogen-bond donors (Lipinski definition) is 3. The van der Waals surface area contributed by atoms with Gasteiger partial charge in [0.2, 0.25) is 0 Å². The van der Waals surface area contributed by atoms with Gasteiger partial charge < -0.3 is 15.4 Å². The van der Waals surface area contributed by atoms with Gasteiger partial charge in [-0.15, -0.1) is 0 Å². The van der Waals surface area contributed by atoms with Crippen LogP contribution in [-0.4, -0.2) is 37.8 Å². The van der Waals surface area contributed by atoms with E-state index in [0.29, 0.717) is 46.2 Å². The quantitative estimate of drug-likeness (QED) is 0.303. The zero-order chi connectivity index (χ0) is 22.8. The summed E-state index contributed by atoms with van der Waals surface area (Å²) >= 11 is 0. The summed E-state index contributed by atoms with van der Waals surface area (Å²) < 4.78 is 1.65. The number of hydrogen-bond acceptors (Lipinski definition) is 5. The minimum absolute atomic E-state index is 0.154. The molecule has 2 heterocycles. The van der Waals surface area contributed by atoms with Gasteiger partial charge in [0.25, 0.3) is 5.91 Å². The number of fused-ring (bicyclic) bond motifs is 1. The maximum atomic E-state index is 13.0. The van der Waals surface area contributed by atoms with Crippen molar-refractivity contribution in [1.82, 2.24) is 14.8 Å². The van der Waals surface area contributed by atoms with Crippen LogP contribution in [0.15, 0.2) is 48.5 Å². The summed E-state index contributed by atoms with van der Waals surface area (Å²) in [4.78, 5) is 39.6. The van der Waals surface area contributed by atoms with Crippen molar-refractivity contribution in [3.8, 4) is 5.88 Å². The molecule has 162 valence electrons. The number of carbonyl (C=O) groups is 3. The monoisotopic (exact) mass is 430 g/mol. The standard InChI is InChI=1S/C24H22N4O4/c1-3-16-12-21(28(4-2)27-16)24(32)25-17-7-5-6-14(10-17)22(30)15-8-9-18-19(13-29)23(31)26-20(18)11-15/h5-13,26,31H,3-4H2,1-2H3,(H,25,32). The average Bonchev–Trinajstić information content (AvgIpc) is 3.37. The third-order valence-electron chi connectivity index (χ3n) is 5.31. The summed E-state index contributed by atoms with van der Waals surface area (Å²) in [6, 6.07) is 13.3. The Morgan fingerprint density at radius 1 is 1.12 bits per heavy atom. The summed E-state index contributed by atoms with van der Waals surface area (Å²) in [5.41, 5.74) is 3.21. The lowest BCUT2D eigenvalue weighted by atomic mass is 10.0. The van der Waals surface area contributed by atoms with Gasteiger partial charge in [0, 0.05) is 34.3 Å². The summed E-state index contributed by atoms with van der Waals surface area (Å²) in [5.74, 6) is -0.785. The number of aromatic amines is 1. The van der Waals surface area contributed by atoms with E-state index in [1.54, 1.807) is 53.2 Å². The SMILES string of the molecule is CCc1cc(C(=O)Nc2cccc(C(=O)c3ccc4c(C=O)c(O)[nH]c4c3)c2)n(CC)n1. The van der Waals surface area contributed by atoms with E-state index >= 15 is 0 Å². The second-order valence-electron chi connectivity index (χ2n) is 7.32. The number of H-pyrrole nitrogens is 1. The molecular formula is C24H22N4O4. The molecule has 0 atom stereocenters. The number of aromatic hydroxyl groups is 1. The molecule has 0 unspecified atom stereocenters. The summed E-state index contributed by atoms with van der Waals surface area (Å²) in [6.07, 6.45) is 1.30. The van der Waals surface area contributed by atoms with Crippen LogP contribution in [0.5, 0.6) is 5.88 Å². The number of ketones is 1. The number of aryl methyl sites for hydroxylation is 2. The molecule has 0 spiro atoms. The van der Waals surface area contributed by atoms with E-state index in [1.165, 1.54) is 0 Å². The van der Waals surface area contributed by atoms with Crippen molar-refractivity contribution in [2.24, 2.45) is 0 Å². The molecule has 0 fully saturated rings. The van der Waals surface area contributed by atoms with Gasteiger partial charge in [-0.3, -0.25) is 19.1 Å². The maximum Gasteiger partial charge on any atom is 0.273 e. The molecule has 1 amide bonds. The Morgan fingerprint density at radius 2 is 1.91 bits per heavy atom. The van der Waals surface area contributed by atoms with E-state index in [9.17, 15) is 19.5 Å². The van der Waals surface area contributed by atoms with E-state index in [-0.39, 0.29) is 23.1 Å². The lowest BCUT2D eigenvalue weighted by Gasteiger charge is -2.08. The molecule has 3 N–H and O–H groups in total. The second-order valence-corrected chi connectivity index (χ2v) is 7.32. The first kappa shape index (κ1) is 21.0. The zero-order valence-electron chi connectivity index (χ0n) is 17.7. The van der Waals surface area contributed by atoms with Gasteiger partial charge in [0.1, 0.15) is 5.69 Å². The molecule has 0 saturated carbocycles. The van der Waals surface area contributed by atoms with E-state index in [2.05, 4.69) is 15.4 Å². The van der Waals surface area contributed by atoms with Crippen LogP contribution in [0.4, 0.5) is 5.69 Å². The number of aldehydes is 1. The van der Waals surface area contributed by atoms with Crippen LogP contribution in [-0.2, 0) is 13.0 Å². The van der Waals surface area contributed by atoms with Crippen LogP contribution in [0.3, 0.4) is 0 Å². The summed E-state index contributed by atoms with van der Waals surface area (Å²) in [6.45, 7) is 4.47. The Labute approximate surface area is 183 Å². The zero-order valence-corrected chi connectivity index (χ0v) is 17.7. The molecule has 2 aromatic carbocycles. The molecule has 2 aromatic heterocycles. The van der Waals surface area contributed by atoms with Gasteiger partial charge in [-0.25, -0.2) is 0 Å². The Bertz CT molecular complexity index is 1350. The number of nitrogens with zero attached hydrogens (tertiary/aromatic N) is 2. The van der Waals surface area contributed by atoms with Crippen molar-refractivity contribution >= 4 is 34.6 Å². The van der Waals surface area contributed by atoms with Crippen LogP contribution in [0.1, 0.15) is 56.3 Å². The molecule has 0 saturated heterocycles. The fourth-order valence-electron chi connectivity index (χ4n) is 3.63. The Morgan fingerprint density at radius 3 is 2.62 bits per heavy atom. The van der Waals surface area contributed by atoms with E-state index in [4.69, 9.17) is 0 Å². The molecule has 32 heavy (non-hydrogen) atoms. The van der Waals surface area contributed by atoms with Crippen LogP contribution in [0.2, 0.25) is 0 Å². The van der Waals surface area contributed by atoms with Gasteiger partial charge in [-0.2, -0.15) is 5.10 Å². The lowest BCUT2D eigenvalue weighted by molar-refractivity contribution is 0.101. The number of benzene rings is 2. The van der Waals surface area contributed by atoms with Crippen LogP contribution >= 0.6 is 0 Å². The Balaban J connectivity index is 1.59. The minimum atomic E-state index is -0.298. The van der Waals surface area contributed by atoms with Crippen molar-refractivity contribution in [1.29, 1.82) is 0 Å². The van der Waals surface area contributed by atoms with Crippen LogP contribution in [0, 0.1) is 0 Å². The topological polar surface area (TPSA) is 117 Å².